The van der Waals surface area contributed by atoms with Gasteiger partial charge in [-0.3, -0.25) is 9.36 Å². The van der Waals surface area contributed by atoms with Gasteiger partial charge in [0.1, 0.15) is 6.16 Å². The lowest BCUT2D eigenvalue weighted by Crippen LogP contribution is -2.25. The Bertz CT molecular complexity index is 241. The Morgan fingerprint density at radius 3 is 2.43 bits per heavy atom. The minimum atomic E-state index is -3.61. The van der Waals surface area contributed by atoms with E-state index in [0.29, 0.717) is 6.42 Å². The second-order valence-corrected chi connectivity index (χ2v) is 6.18. The number of nitrogens with two attached hydrogens (primary N) is 1. The van der Waals surface area contributed by atoms with Crippen LogP contribution in [0.15, 0.2) is 0 Å². The van der Waals surface area contributed by atoms with Crippen LogP contribution in [0.2, 0.25) is 0 Å². The molecule has 0 saturated heterocycles. The van der Waals surface area contributed by atoms with E-state index in [9.17, 15) is 14.3 Å². The number of hydrogen-bond donors (Lipinski definition) is 2. The first-order chi connectivity index (χ1) is 6.29. The van der Waals surface area contributed by atoms with Gasteiger partial charge in [-0.1, -0.05) is 13.8 Å². The van der Waals surface area contributed by atoms with Gasteiger partial charge in [0.25, 0.3) is 0 Å². The molecule has 0 fully saturated rings. The van der Waals surface area contributed by atoms with Crippen molar-refractivity contribution in [1.29, 1.82) is 0 Å². The Morgan fingerprint density at radius 2 is 2.07 bits per heavy atom. The summed E-state index contributed by atoms with van der Waals surface area (Å²) >= 11 is 0. The molecule has 1 unspecified atom stereocenters. The molecular formula is C8H18NO4P. The summed E-state index contributed by atoms with van der Waals surface area (Å²) in [4.78, 5) is 20.3. The molecule has 3 N–H and O–H groups in total. The smallest absolute Gasteiger partial charge is 0.315 e. The van der Waals surface area contributed by atoms with Gasteiger partial charge in [-0.2, -0.15) is 0 Å². The van der Waals surface area contributed by atoms with Gasteiger partial charge in [0.05, 0.1) is 12.9 Å². The van der Waals surface area contributed by atoms with Gasteiger partial charge in [-0.25, -0.2) is 0 Å². The highest BCUT2D eigenvalue weighted by molar-refractivity contribution is 7.59. The zero-order valence-corrected chi connectivity index (χ0v) is 9.66. The molecule has 0 spiro atoms. The molecule has 6 heteroatoms. The molecule has 0 saturated carbocycles. The molecule has 0 aromatic heterocycles. The Labute approximate surface area is 84.1 Å². The van der Waals surface area contributed by atoms with E-state index in [0.717, 1.165) is 0 Å². The topological polar surface area (TPSA) is 89.6 Å². The molecule has 14 heavy (non-hydrogen) atoms. The van der Waals surface area contributed by atoms with Crippen LogP contribution in [0.25, 0.3) is 0 Å². The van der Waals surface area contributed by atoms with E-state index in [1.807, 2.05) is 13.8 Å². The van der Waals surface area contributed by atoms with Crippen LogP contribution in [0.3, 0.4) is 0 Å². The first-order valence-electron chi connectivity index (χ1n) is 4.43. The Hall–Kier alpha value is -0.380. The molecule has 84 valence electrons. The average molecular weight is 223 g/mol. The van der Waals surface area contributed by atoms with Gasteiger partial charge in [0, 0.05) is 0 Å². The monoisotopic (exact) mass is 223 g/mol. The number of carbonyl (C=O) groups excluding carboxylic acids is 1. The van der Waals surface area contributed by atoms with Crippen LogP contribution in [-0.4, -0.2) is 29.9 Å². The highest BCUT2D eigenvalue weighted by Gasteiger charge is 2.31. The maximum absolute atomic E-state index is 11.5. The molecular weight excluding hydrogens is 205 g/mol. The van der Waals surface area contributed by atoms with Crippen molar-refractivity contribution < 1.29 is 19.0 Å². The largest absolute Gasteiger partial charge is 0.469 e. The van der Waals surface area contributed by atoms with Crippen LogP contribution in [0.4, 0.5) is 0 Å². The molecule has 0 radical (unpaired) electrons. The van der Waals surface area contributed by atoms with Crippen LogP contribution >= 0.6 is 7.37 Å². The third-order valence-corrected chi connectivity index (χ3v) is 3.77. The predicted octanol–water partition coefficient (Wildman–Crippen LogP) is 0.761. The normalized spacial score (nSPS) is 17.6. The van der Waals surface area contributed by atoms with Crippen molar-refractivity contribution in [2.45, 2.75) is 26.1 Å². The molecule has 0 aromatic carbocycles. The molecule has 0 aliphatic heterocycles. The maximum atomic E-state index is 11.5. The van der Waals surface area contributed by atoms with Crippen LogP contribution in [0.5, 0.6) is 0 Å². The van der Waals surface area contributed by atoms with Gasteiger partial charge in [0.15, 0.2) is 0 Å². The number of methoxy groups -OCH3 is 1. The summed E-state index contributed by atoms with van der Waals surface area (Å²) in [5, 5.41) is 0. The standard InChI is InChI=1S/C8H18NO4P/c1-6(2)4-7(9)14(11,12)5-8(10)13-3/h6-7H,4-5,9H2,1-3H3,(H,11,12)/t7-/m1/s1. The minimum absolute atomic E-state index is 0.225. The number of hydrogen-bond acceptors (Lipinski definition) is 4. The van der Waals surface area contributed by atoms with Crippen molar-refractivity contribution in [3.05, 3.63) is 0 Å². The zero-order chi connectivity index (χ0) is 11.4. The molecule has 0 amide bonds. The van der Waals surface area contributed by atoms with Gasteiger partial charge < -0.3 is 15.4 Å². The third kappa shape index (κ3) is 4.74. The van der Waals surface area contributed by atoms with Gasteiger partial charge in [-0.05, 0) is 12.3 Å². The van der Waals surface area contributed by atoms with Gasteiger partial charge in [-0.15, -0.1) is 0 Å². The van der Waals surface area contributed by atoms with Crippen molar-refractivity contribution in [3.63, 3.8) is 0 Å². The van der Waals surface area contributed by atoms with Crippen LogP contribution in [0, 0.1) is 5.92 Å². The lowest BCUT2D eigenvalue weighted by Gasteiger charge is -2.19. The lowest BCUT2D eigenvalue weighted by atomic mass is 10.1. The SMILES string of the molecule is COC(=O)CP(=O)(O)[C@@H](N)CC(C)C. The van der Waals surface area contributed by atoms with E-state index < -0.39 is 25.3 Å². The highest BCUT2D eigenvalue weighted by Crippen LogP contribution is 2.45. The lowest BCUT2D eigenvalue weighted by molar-refractivity contribution is -0.137. The van der Waals surface area contributed by atoms with E-state index in [1.165, 1.54) is 7.11 Å². The number of rotatable bonds is 5. The Balaban J connectivity index is 4.30. The minimum Gasteiger partial charge on any atom is -0.469 e. The summed E-state index contributed by atoms with van der Waals surface area (Å²) < 4.78 is 15.9. The van der Waals surface area contributed by atoms with Gasteiger partial charge in [0.2, 0.25) is 7.37 Å². The van der Waals surface area contributed by atoms with Gasteiger partial charge >= 0.3 is 5.97 Å². The number of esters is 1. The highest BCUT2D eigenvalue weighted by atomic mass is 31.2. The average Bonchev–Trinajstić information content (AvgIpc) is 2.02. The number of ether oxygens (including phenoxy) is 1. The van der Waals surface area contributed by atoms with E-state index in [4.69, 9.17) is 5.73 Å². The third-order valence-electron chi connectivity index (χ3n) is 1.81. The van der Waals surface area contributed by atoms with Crippen LogP contribution < -0.4 is 5.73 Å². The van der Waals surface area contributed by atoms with Crippen LogP contribution in [-0.2, 0) is 14.1 Å². The second kappa shape index (κ2) is 5.49. The Kier molecular flexibility index (Phi) is 5.34. The summed E-state index contributed by atoms with van der Waals surface area (Å²) in [6.45, 7) is 3.80. The van der Waals surface area contributed by atoms with Crippen LogP contribution in [0.1, 0.15) is 20.3 Å². The fraction of sp³-hybridized carbons (Fsp3) is 0.875. The molecule has 0 aromatic rings. The fourth-order valence-corrected chi connectivity index (χ4v) is 2.50. The van der Waals surface area contributed by atoms with E-state index >= 15 is 0 Å². The fourth-order valence-electron chi connectivity index (χ4n) is 1.01. The van der Waals surface area contributed by atoms with Crippen molar-refractivity contribution in [1.82, 2.24) is 0 Å². The van der Waals surface area contributed by atoms with Crippen molar-refractivity contribution in [2.24, 2.45) is 11.7 Å². The van der Waals surface area contributed by atoms with E-state index in [2.05, 4.69) is 4.74 Å². The van der Waals surface area contributed by atoms with Crippen molar-refractivity contribution in [3.8, 4) is 0 Å². The summed E-state index contributed by atoms with van der Waals surface area (Å²) in [5.41, 5.74) is 5.53. The Morgan fingerprint density at radius 1 is 1.57 bits per heavy atom. The van der Waals surface area contributed by atoms with E-state index in [1.54, 1.807) is 0 Å². The quantitative estimate of drug-likeness (QED) is 0.530. The summed E-state index contributed by atoms with van der Waals surface area (Å²) in [5.74, 6) is -1.32. The first kappa shape index (κ1) is 13.6. The maximum Gasteiger partial charge on any atom is 0.315 e. The molecule has 0 aliphatic rings. The van der Waals surface area contributed by atoms with Crippen molar-refractivity contribution >= 4 is 13.3 Å². The van der Waals surface area contributed by atoms with E-state index in [-0.39, 0.29) is 5.92 Å². The molecule has 0 bridgehead atoms. The first-order valence-corrected chi connectivity index (χ1v) is 6.35. The molecule has 0 rings (SSSR count). The summed E-state index contributed by atoms with van der Waals surface area (Å²) in [6.07, 6.45) is -0.0812. The molecule has 0 heterocycles. The predicted molar refractivity (Wildman–Crippen MR) is 54.1 cm³/mol. The summed E-state index contributed by atoms with van der Waals surface area (Å²) in [7, 11) is -2.43. The number of carbonyl (C=O) groups is 1. The summed E-state index contributed by atoms with van der Waals surface area (Å²) in [6, 6.07) is 0. The van der Waals surface area contributed by atoms with Crippen molar-refractivity contribution in [2.75, 3.05) is 13.3 Å². The molecule has 0 aliphatic carbocycles. The molecule has 2 atom stereocenters. The molecule has 5 nitrogen and oxygen atoms in total. The second-order valence-electron chi connectivity index (χ2n) is 3.69. The zero-order valence-electron chi connectivity index (χ0n) is 8.77.